The predicted molar refractivity (Wildman–Crippen MR) is 103 cm³/mol. The Morgan fingerprint density at radius 2 is 1.96 bits per heavy atom. The van der Waals surface area contributed by atoms with Crippen LogP contribution in [0.2, 0.25) is 0 Å². The van der Waals surface area contributed by atoms with E-state index in [9.17, 15) is 14.9 Å². The van der Waals surface area contributed by atoms with E-state index in [0.29, 0.717) is 28.5 Å². The smallest absolute Gasteiger partial charge is 0.350 e. The molecule has 27 heavy (non-hydrogen) atoms. The Balaban J connectivity index is 1.91. The summed E-state index contributed by atoms with van der Waals surface area (Å²) in [4.78, 5) is 29.9. The van der Waals surface area contributed by atoms with Crippen molar-refractivity contribution < 1.29 is 14.3 Å². The lowest BCUT2D eigenvalue weighted by Crippen LogP contribution is -2.36. The first-order chi connectivity index (χ1) is 13.1. The number of nitrogens with zero attached hydrogens (tertiary/aromatic N) is 2. The van der Waals surface area contributed by atoms with Crippen molar-refractivity contribution in [1.82, 2.24) is 4.98 Å². The molecule has 0 aliphatic heterocycles. The minimum absolute atomic E-state index is 0.254. The number of carbonyl (C=O) groups excluding carboxylic acids is 2. The van der Waals surface area contributed by atoms with Crippen molar-refractivity contribution in [2.75, 3.05) is 11.9 Å². The Morgan fingerprint density at radius 3 is 2.59 bits per heavy atom. The number of nitrogens with one attached hydrogen (secondary N) is 1. The van der Waals surface area contributed by atoms with Gasteiger partial charge in [0.2, 0.25) is 5.91 Å². The summed E-state index contributed by atoms with van der Waals surface area (Å²) in [6.45, 7) is 1.99. The van der Waals surface area contributed by atoms with Gasteiger partial charge in [0.25, 0.3) is 0 Å². The Kier molecular flexibility index (Phi) is 5.87. The molecule has 1 aliphatic carbocycles. The molecule has 1 N–H and O–H groups in total. The highest BCUT2D eigenvalue weighted by molar-refractivity contribution is 7.18. The van der Waals surface area contributed by atoms with Crippen molar-refractivity contribution >= 4 is 28.3 Å². The average Bonchev–Trinajstić information content (AvgIpc) is 3.13. The zero-order valence-electron chi connectivity index (χ0n) is 15.2. The quantitative estimate of drug-likeness (QED) is 0.773. The van der Waals surface area contributed by atoms with Gasteiger partial charge in [-0.25, -0.2) is 9.78 Å². The van der Waals surface area contributed by atoms with Crippen LogP contribution in [0.15, 0.2) is 30.3 Å². The molecular weight excluding hydrogens is 362 g/mol. The number of carbonyl (C=O) groups is 2. The second kappa shape index (κ2) is 8.31. The van der Waals surface area contributed by atoms with E-state index in [-0.39, 0.29) is 12.5 Å². The van der Waals surface area contributed by atoms with Gasteiger partial charge in [-0.05, 0) is 19.8 Å². The topological polar surface area (TPSA) is 92.1 Å². The fourth-order valence-electron chi connectivity index (χ4n) is 3.26. The van der Waals surface area contributed by atoms with Gasteiger partial charge in [-0.15, -0.1) is 0 Å². The molecule has 1 fully saturated rings. The molecule has 1 aromatic carbocycles. The summed E-state index contributed by atoms with van der Waals surface area (Å²) >= 11 is 1.08. The number of benzene rings is 1. The van der Waals surface area contributed by atoms with Crippen molar-refractivity contribution in [1.29, 1.82) is 5.26 Å². The molecule has 7 heteroatoms. The van der Waals surface area contributed by atoms with Gasteiger partial charge in [0.15, 0.2) is 5.13 Å². The first kappa shape index (κ1) is 19.1. The van der Waals surface area contributed by atoms with Gasteiger partial charge in [-0.1, -0.05) is 60.9 Å². The van der Waals surface area contributed by atoms with Crippen molar-refractivity contribution in [3.8, 4) is 17.3 Å². The number of nitriles is 1. The molecule has 1 saturated carbocycles. The molecule has 0 atom stereocenters. The Morgan fingerprint density at radius 1 is 1.26 bits per heavy atom. The molecule has 1 aromatic heterocycles. The average molecular weight is 383 g/mol. The summed E-state index contributed by atoms with van der Waals surface area (Å²) in [5, 5.41) is 12.7. The highest BCUT2D eigenvalue weighted by Crippen LogP contribution is 2.38. The van der Waals surface area contributed by atoms with Crippen LogP contribution in [0.1, 0.15) is 48.7 Å². The highest BCUT2D eigenvalue weighted by atomic mass is 32.1. The second-order valence-corrected chi connectivity index (χ2v) is 7.49. The molecule has 2 aromatic rings. The molecule has 0 bridgehead atoms. The molecule has 0 unspecified atom stereocenters. The van der Waals surface area contributed by atoms with E-state index in [1.165, 1.54) is 0 Å². The third-order valence-corrected chi connectivity index (χ3v) is 5.66. The number of aromatic nitrogens is 1. The number of hydrogen-bond donors (Lipinski definition) is 1. The lowest BCUT2D eigenvalue weighted by atomic mass is 9.74. The molecule has 0 spiro atoms. The van der Waals surface area contributed by atoms with E-state index < -0.39 is 11.4 Å². The van der Waals surface area contributed by atoms with Gasteiger partial charge >= 0.3 is 5.97 Å². The van der Waals surface area contributed by atoms with Gasteiger partial charge in [-0.3, -0.25) is 4.79 Å². The molecule has 1 heterocycles. The summed E-state index contributed by atoms with van der Waals surface area (Å²) in [6.07, 6.45) is 3.87. The van der Waals surface area contributed by atoms with Gasteiger partial charge < -0.3 is 10.1 Å². The van der Waals surface area contributed by atoms with Crippen LogP contribution in [0.5, 0.6) is 0 Å². The Labute approximate surface area is 162 Å². The number of hydrogen-bond acceptors (Lipinski definition) is 6. The van der Waals surface area contributed by atoms with Gasteiger partial charge in [0, 0.05) is 5.56 Å². The van der Waals surface area contributed by atoms with Crippen LogP contribution in [-0.4, -0.2) is 23.5 Å². The molecule has 140 valence electrons. The first-order valence-electron chi connectivity index (χ1n) is 9.06. The first-order valence-corrected chi connectivity index (χ1v) is 9.87. The number of esters is 1. The van der Waals surface area contributed by atoms with Crippen molar-refractivity contribution in [3.63, 3.8) is 0 Å². The molecular formula is C20H21N3O3S. The van der Waals surface area contributed by atoms with Crippen LogP contribution in [-0.2, 0) is 9.53 Å². The largest absolute Gasteiger partial charge is 0.462 e. The van der Waals surface area contributed by atoms with Crippen molar-refractivity contribution in [3.05, 3.63) is 35.2 Å². The van der Waals surface area contributed by atoms with Crippen LogP contribution in [0.3, 0.4) is 0 Å². The Hall–Kier alpha value is -2.72. The molecule has 0 radical (unpaired) electrons. The normalized spacial score (nSPS) is 15.6. The van der Waals surface area contributed by atoms with Crippen molar-refractivity contribution in [2.24, 2.45) is 5.41 Å². The maximum absolute atomic E-state index is 12.8. The van der Waals surface area contributed by atoms with Crippen LogP contribution >= 0.6 is 11.3 Å². The maximum atomic E-state index is 12.8. The number of anilines is 1. The van der Waals surface area contributed by atoms with E-state index in [1.54, 1.807) is 6.92 Å². The molecule has 0 saturated heterocycles. The number of ether oxygens (including phenoxy) is 1. The van der Waals surface area contributed by atoms with Crippen LogP contribution < -0.4 is 5.32 Å². The van der Waals surface area contributed by atoms with Crippen molar-refractivity contribution in [2.45, 2.75) is 39.0 Å². The maximum Gasteiger partial charge on any atom is 0.350 e. The third kappa shape index (κ3) is 4.01. The van der Waals surface area contributed by atoms with E-state index in [2.05, 4.69) is 16.4 Å². The highest BCUT2D eigenvalue weighted by Gasteiger charge is 2.40. The van der Waals surface area contributed by atoms with Crippen LogP contribution in [0, 0.1) is 16.7 Å². The summed E-state index contributed by atoms with van der Waals surface area (Å²) in [5.41, 5.74) is 0.231. The van der Waals surface area contributed by atoms with E-state index >= 15 is 0 Å². The summed E-state index contributed by atoms with van der Waals surface area (Å²) in [6, 6.07) is 11.5. The van der Waals surface area contributed by atoms with Gasteiger partial charge in [0.05, 0.1) is 18.4 Å². The fraction of sp³-hybridized carbons (Fsp3) is 0.400. The summed E-state index contributed by atoms with van der Waals surface area (Å²) < 4.78 is 5.13. The SMILES string of the molecule is CCOC(=O)c1sc(NC(=O)C2(C#N)CCCCC2)nc1-c1ccccc1. The molecule has 6 nitrogen and oxygen atoms in total. The predicted octanol–water partition coefficient (Wildman–Crippen LogP) is 4.40. The van der Waals surface area contributed by atoms with E-state index in [0.717, 1.165) is 36.2 Å². The Bertz CT molecular complexity index is 864. The van der Waals surface area contributed by atoms with E-state index in [1.807, 2.05) is 30.3 Å². The number of amides is 1. The van der Waals surface area contributed by atoms with Gasteiger partial charge in [0.1, 0.15) is 10.3 Å². The zero-order chi connectivity index (χ0) is 19.3. The fourth-order valence-corrected chi connectivity index (χ4v) is 4.14. The third-order valence-electron chi connectivity index (χ3n) is 4.71. The molecule has 1 aliphatic rings. The summed E-state index contributed by atoms with van der Waals surface area (Å²) in [7, 11) is 0. The standard InChI is InChI=1S/C20H21N3O3S/c1-2-26-17(24)16-15(14-9-5-3-6-10-14)22-19(27-16)23-18(25)20(13-21)11-7-4-8-12-20/h3,5-6,9-10H,2,4,7-8,11-12H2,1H3,(H,22,23,25). The monoisotopic (exact) mass is 383 g/mol. The van der Waals surface area contributed by atoms with Gasteiger partial charge in [-0.2, -0.15) is 5.26 Å². The van der Waals surface area contributed by atoms with Crippen LogP contribution in [0.4, 0.5) is 5.13 Å². The van der Waals surface area contributed by atoms with E-state index in [4.69, 9.17) is 4.74 Å². The minimum atomic E-state index is -1.01. The zero-order valence-corrected chi connectivity index (χ0v) is 16.0. The number of rotatable bonds is 5. The molecule has 1 amide bonds. The van der Waals surface area contributed by atoms with Crippen LogP contribution in [0.25, 0.3) is 11.3 Å². The summed E-state index contributed by atoms with van der Waals surface area (Å²) in [5.74, 6) is -0.810. The molecule has 3 rings (SSSR count). The lowest BCUT2D eigenvalue weighted by molar-refractivity contribution is -0.124. The number of thiazole rings is 1. The minimum Gasteiger partial charge on any atom is -0.462 e. The second-order valence-electron chi connectivity index (χ2n) is 6.49. The lowest BCUT2D eigenvalue weighted by Gasteiger charge is -2.28.